The van der Waals surface area contributed by atoms with Gasteiger partial charge in [-0.2, -0.15) is 0 Å². The maximum atomic E-state index is 12.6. The Bertz CT molecular complexity index is 640. The number of nitrogens with zero attached hydrogens (tertiary/aromatic N) is 1. The van der Waals surface area contributed by atoms with E-state index in [0.29, 0.717) is 22.0 Å². The minimum Gasteiger partial charge on any atom is -0.430 e. The van der Waals surface area contributed by atoms with Crippen LogP contribution in [0.1, 0.15) is 25.7 Å². The zero-order chi connectivity index (χ0) is 14.1. The summed E-state index contributed by atoms with van der Waals surface area (Å²) >= 11 is 0. The van der Waals surface area contributed by atoms with Crippen LogP contribution in [-0.4, -0.2) is 27.7 Å². The van der Waals surface area contributed by atoms with E-state index in [2.05, 4.69) is 4.98 Å². The van der Waals surface area contributed by atoms with Gasteiger partial charge < -0.3 is 14.9 Å². The van der Waals surface area contributed by atoms with Gasteiger partial charge in [-0.25, -0.2) is 9.19 Å². The lowest BCUT2D eigenvalue weighted by atomic mass is 9.97. The molecule has 1 heterocycles. The van der Waals surface area contributed by atoms with Crippen LogP contribution < -0.4 is 5.73 Å². The van der Waals surface area contributed by atoms with E-state index in [0.717, 1.165) is 25.7 Å². The fraction of sp³-hybridized carbons (Fsp3) is 0.500. The molecule has 0 spiro atoms. The topological polar surface area (TPSA) is 78.3 Å². The Labute approximate surface area is 120 Å². The Kier molecular flexibility index (Phi) is 3.76. The molecule has 1 aliphatic carbocycles. The summed E-state index contributed by atoms with van der Waals surface area (Å²) in [4.78, 5) is 4.31. The van der Waals surface area contributed by atoms with Crippen LogP contribution in [0.25, 0.3) is 11.1 Å². The van der Waals surface area contributed by atoms with E-state index in [4.69, 9.17) is 14.9 Å². The van der Waals surface area contributed by atoms with E-state index < -0.39 is 10.8 Å². The van der Waals surface area contributed by atoms with Crippen molar-refractivity contribution in [2.24, 2.45) is 0 Å². The molecule has 20 heavy (non-hydrogen) atoms. The van der Waals surface area contributed by atoms with E-state index in [1.807, 2.05) is 0 Å². The number of hydrogen-bond acceptors (Lipinski definition) is 5. The average Bonchev–Trinajstić information content (AvgIpc) is 2.89. The van der Waals surface area contributed by atoms with Crippen LogP contribution in [-0.2, 0) is 15.5 Å². The molecule has 2 aromatic rings. The Morgan fingerprint density at radius 2 is 2.30 bits per heavy atom. The minimum atomic E-state index is -1.23. The van der Waals surface area contributed by atoms with Crippen LogP contribution in [0.5, 0.6) is 0 Å². The van der Waals surface area contributed by atoms with Crippen molar-refractivity contribution in [2.75, 3.05) is 12.8 Å². The maximum Gasteiger partial charge on any atom is 0.288 e. The van der Waals surface area contributed by atoms with E-state index in [-0.39, 0.29) is 11.4 Å². The number of fused-ring (bicyclic) bond motifs is 1. The SMILES string of the molecule is COC1CCCC(S(=O)c2nc3cc(N)ccc3o2)C1. The molecule has 1 aromatic carbocycles. The number of ether oxygens (including phenoxy) is 1. The number of methoxy groups -OCH3 is 1. The van der Waals surface area contributed by atoms with Gasteiger partial charge >= 0.3 is 0 Å². The van der Waals surface area contributed by atoms with Gasteiger partial charge in [-0.3, -0.25) is 0 Å². The number of anilines is 1. The van der Waals surface area contributed by atoms with Gasteiger partial charge in [-0.05, 0) is 43.9 Å². The van der Waals surface area contributed by atoms with E-state index in [9.17, 15) is 4.21 Å². The lowest BCUT2D eigenvalue weighted by Gasteiger charge is -2.26. The first-order valence-corrected chi connectivity index (χ1v) is 7.98. The molecule has 1 fully saturated rings. The molecule has 3 atom stereocenters. The third kappa shape index (κ3) is 2.58. The van der Waals surface area contributed by atoms with Gasteiger partial charge in [0.1, 0.15) is 16.3 Å². The van der Waals surface area contributed by atoms with Crippen LogP contribution in [0, 0.1) is 0 Å². The smallest absolute Gasteiger partial charge is 0.288 e. The molecule has 0 bridgehead atoms. The van der Waals surface area contributed by atoms with Crippen molar-refractivity contribution in [1.29, 1.82) is 0 Å². The molecule has 3 unspecified atom stereocenters. The number of nitrogen functional groups attached to an aromatic ring is 1. The number of nitrogens with two attached hydrogens (primary N) is 1. The summed E-state index contributed by atoms with van der Waals surface area (Å²) in [5, 5.41) is 0.353. The molecule has 3 rings (SSSR count). The summed E-state index contributed by atoms with van der Waals surface area (Å²) in [6.45, 7) is 0. The molecule has 0 radical (unpaired) electrons. The standard InChI is InChI=1S/C14H18N2O3S/c1-18-10-3-2-4-11(8-10)20(17)14-16-12-7-9(15)5-6-13(12)19-14/h5-7,10-11H,2-4,8,15H2,1H3. The molecule has 6 heteroatoms. The average molecular weight is 294 g/mol. The summed E-state index contributed by atoms with van der Waals surface area (Å²) < 4.78 is 23.6. The van der Waals surface area contributed by atoms with E-state index in [1.54, 1.807) is 25.3 Å². The van der Waals surface area contributed by atoms with Crippen LogP contribution in [0.4, 0.5) is 5.69 Å². The molecule has 108 valence electrons. The lowest BCUT2D eigenvalue weighted by molar-refractivity contribution is 0.0724. The van der Waals surface area contributed by atoms with Crippen LogP contribution in [0.15, 0.2) is 27.8 Å². The van der Waals surface area contributed by atoms with Crippen molar-refractivity contribution in [1.82, 2.24) is 4.98 Å². The summed E-state index contributed by atoms with van der Waals surface area (Å²) in [5.74, 6) is 0. The van der Waals surface area contributed by atoms with E-state index >= 15 is 0 Å². The molecule has 1 aromatic heterocycles. The van der Waals surface area contributed by atoms with Crippen molar-refractivity contribution in [3.8, 4) is 0 Å². The fourth-order valence-electron chi connectivity index (χ4n) is 2.66. The van der Waals surface area contributed by atoms with Crippen LogP contribution in [0.2, 0.25) is 0 Å². The predicted molar refractivity (Wildman–Crippen MR) is 77.9 cm³/mol. The van der Waals surface area contributed by atoms with Gasteiger partial charge in [0.05, 0.1) is 6.10 Å². The molecule has 2 N–H and O–H groups in total. The Morgan fingerprint density at radius 1 is 1.45 bits per heavy atom. The first-order valence-electron chi connectivity index (χ1n) is 6.77. The Balaban J connectivity index is 1.84. The third-order valence-corrected chi connectivity index (χ3v) is 5.33. The predicted octanol–water partition coefficient (Wildman–Crippen LogP) is 2.48. The molecule has 1 aliphatic rings. The monoisotopic (exact) mass is 294 g/mol. The van der Waals surface area contributed by atoms with E-state index in [1.165, 1.54) is 0 Å². The first-order chi connectivity index (χ1) is 9.67. The molecule has 0 amide bonds. The van der Waals surface area contributed by atoms with Gasteiger partial charge in [0.25, 0.3) is 5.22 Å². The minimum absolute atomic E-state index is 0.0547. The third-order valence-electron chi connectivity index (χ3n) is 3.78. The van der Waals surface area contributed by atoms with Crippen molar-refractivity contribution in [3.63, 3.8) is 0 Å². The number of oxazole rings is 1. The summed E-state index contributed by atoms with van der Waals surface area (Å²) in [5.41, 5.74) is 7.63. The normalized spacial score (nSPS) is 24.9. The number of aromatic nitrogens is 1. The van der Waals surface area contributed by atoms with Gasteiger partial charge in [0, 0.05) is 18.0 Å². The zero-order valence-electron chi connectivity index (χ0n) is 11.4. The van der Waals surface area contributed by atoms with Gasteiger partial charge in [0.2, 0.25) is 0 Å². The van der Waals surface area contributed by atoms with Crippen LogP contribution >= 0.6 is 0 Å². The second-order valence-electron chi connectivity index (χ2n) is 5.15. The highest BCUT2D eigenvalue weighted by molar-refractivity contribution is 7.85. The largest absolute Gasteiger partial charge is 0.430 e. The molecular formula is C14H18N2O3S. The lowest BCUT2D eigenvalue weighted by Crippen LogP contribution is -2.28. The summed E-state index contributed by atoms with van der Waals surface area (Å²) in [7, 11) is 0.477. The highest BCUT2D eigenvalue weighted by Gasteiger charge is 2.29. The second-order valence-corrected chi connectivity index (χ2v) is 6.76. The van der Waals surface area contributed by atoms with Gasteiger partial charge in [-0.1, -0.05) is 0 Å². The maximum absolute atomic E-state index is 12.6. The van der Waals surface area contributed by atoms with Gasteiger partial charge in [-0.15, -0.1) is 0 Å². The van der Waals surface area contributed by atoms with Crippen molar-refractivity contribution >= 4 is 27.6 Å². The summed E-state index contributed by atoms with van der Waals surface area (Å²) in [6.07, 6.45) is 3.98. The first kappa shape index (κ1) is 13.6. The quantitative estimate of drug-likeness (QED) is 0.880. The van der Waals surface area contributed by atoms with Crippen molar-refractivity contribution in [3.05, 3.63) is 18.2 Å². The Hall–Kier alpha value is -1.40. The molecular weight excluding hydrogens is 276 g/mol. The summed E-state index contributed by atoms with van der Waals surface area (Å²) in [6, 6.07) is 5.25. The van der Waals surface area contributed by atoms with Crippen molar-refractivity contribution in [2.45, 2.75) is 42.3 Å². The zero-order valence-corrected chi connectivity index (χ0v) is 12.2. The highest BCUT2D eigenvalue weighted by Crippen LogP contribution is 2.29. The fourth-order valence-corrected chi connectivity index (χ4v) is 4.08. The second kappa shape index (κ2) is 5.54. The van der Waals surface area contributed by atoms with Crippen LogP contribution in [0.3, 0.4) is 0 Å². The number of rotatable bonds is 3. The molecule has 5 nitrogen and oxygen atoms in total. The molecule has 0 aliphatic heterocycles. The van der Waals surface area contributed by atoms with Gasteiger partial charge in [0.15, 0.2) is 5.58 Å². The number of benzene rings is 1. The molecule has 1 saturated carbocycles. The van der Waals surface area contributed by atoms with Crippen molar-refractivity contribution < 1.29 is 13.4 Å². The highest BCUT2D eigenvalue weighted by atomic mass is 32.2. The molecule has 0 saturated heterocycles. The number of hydrogen-bond donors (Lipinski definition) is 1. The Morgan fingerprint density at radius 3 is 3.10 bits per heavy atom.